The summed E-state index contributed by atoms with van der Waals surface area (Å²) in [6.07, 6.45) is 5.79. The fourth-order valence-electron chi connectivity index (χ4n) is 10.6. The van der Waals surface area contributed by atoms with E-state index in [-0.39, 0.29) is 16.9 Å². The molecule has 1 aromatic heterocycles. The van der Waals surface area contributed by atoms with Crippen molar-refractivity contribution in [2.24, 2.45) is 0 Å². The standard InChI is InChI=1S/C54H42N2O/c1-53(2)43-18-9-6-15-38(43)51-44(53)19-12-20-48(51)56(49-21-11-16-37-36-14-7-10-22-50(36)57-52(37)49)34-26-23-32(24-27-34)33-25-28-46-40(29-33)41-30-39-35-13-5-8-17-42(35)54(3,4)45(39)31-47(41)55-46/h5-27,29-31,46,55H,28H2,1-4H3. The van der Waals surface area contributed by atoms with Gasteiger partial charge in [-0.3, -0.25) is 0 Å². The zero-order valence-corrected chi connectivity index (χ0v) is 32.7. The average Bonchev–Trinajstić information content (AvgIpc) is 3.93. The van der Waals surface area contributed by atoms with E-state index in [1.54, 1.807) is 0 Å². The van der Waals surface area contributed by atoms with Crippen LogP contribution in [0.3, 0.4) is 0 Å². The van der Waals surface area contributed by atoms with Gasteiger partial charge in [-0.05, 0) is 111 Å². The predicted octanol–water partition coefficient (Wildman–Crippen LogP) is 14.3. The van der Waals surface area contributed by atoms with Gasteiger partial charge in [0.2, 0.25) is 0 Å². The molecule has 1 unspecified atom stereocenters. The highest BCUT2D eigenvalue weighted by atomic mass is 16.3. The van der Waals surface area contributed by atoms with Crippen LogP contribution in [0, 0.1) is 0 Å². The number of allylic oxidation sites excluding steroid dienone is 2. The van der Waals surface area contributed by atoms with Crippen LogP contribution in [0.15, 0.2) is 162 Å². The summed E-state index contributed by atoms with van der Waals surface area (Å²) in [6.45, 7) is 9.42. The van der Waals surface area contributed by atoms with Crippen LogP contribution in [0.25, 0.3) is 55.3 Å². The summed E-state index contributed by atoms with van der Waals surface area (Å²) >= 11 is 0. The van der Waals surface area contributed by atoms with Crippen molar-refractivity contribution in [1.29, 1.82) is 0 Å². The maximum Gasteiger partial charge on any atom is 0.159 e. The molecule has 8 aromatic rings. The van der Waals surface area contributed by atoms with Gasteiger partial charge in [-0.25, -0.2) is 0 Å². The fraction of sp³-hybridized carbons (Fsp3) is 0.148. The van der Waals surface area contributed by atoms with Crippen molar-refractivity contribution >= 4 is 55.8 Å². The highest BCUT2D eigenvalue weighted by molar-refractivity contribution is 6.11. The van der Waals surface area contributed by atoms with Crippen molar-refractivity contribution in [3.8, 4) is 22.3 Å². The molecule has 0 radical (unpaired) electrons. The van der Waals surface area contributed by atoms with E-state index < -0.39 is 0 Å². The second kappa shape index (κ2) is 11.5. The molecule has 0 fully saturated rings. The molecule has 0 saturated heterocycles. The minimum absolute atomic E-state index is 0.0147. The van der Waals surface area contributed by atoms with Gasteiger partial charge in [0, 0.05) is 44.1 Å². The van der Waals surface area contributed by atoms with Crippen LogP contribution in [-0.2, 0) is 10.8 Å². The molecule has 1 atom stereocenters. The monoisotopic (exact) mass is 734 g/mol. The number of nitrogens with one attached hydrogen (secondary N) is 1. The number of fused-ring (bicyclic) bond motifs is 12. The van der Waals surface area contributed by atoms with E-state index in [1.807, 2.05) is 6.07 Å². The molecule has 12 rings (SSSR count). The van der Waals surface area contributed by atoms with E-state index in [0.29, 0.717) is 0 Å². The molecular weight excluding hydrogens is 693 g/mol. The summed E-state index contributed by atoms with van der Waals surface area (Å²) in [4.78, 5) is 2.42. The lowest BCUT2D eigenvalue weighted by Gasteiger charge is -2.29. The minimum atomic E-state index is -0.116. The molecular formula is C54H42N2O. The first kappa shape index (κ1) is 32.6. The van der Waals surface area contributed by atoms with Gasteiger partial charge in [0.05, 0.1) is 17.4 Å². The Kier molecular flexibility index (Phi) is 6.58. The largest absolute Gasteiger partial charge is 0.454 e. The average molecular weight is 735 g/mol. The Morgan fingerprint density at radius 2 is 1.25 bits per heavy atom. The third kappa shape index (κ3) is 4.48. The van der Waals surface area contributed by atoms with Crippen molar-refractivity contribution in [2.45, 2.75) is 51.0 Å². The van der Waals surface area contributed by atoms with Crippen LogP contribution in [-0.4, -0.2) is 6.04 Å². The predicted molar refractivity (Wildman–Crippen MR) is 238 cm³/mol. The lowest BCUT2D eigenvalue weighted by molar-refractivity contribution is 0.660. The molecule has 3 aliphatic carbocycles. The molecule has 0 bridgehead atoms. The van der Waals surface area contributed by atoms with E-state index in [1.165, 1.54) is 72.5 Å². The zero-order valence-electron chi connectivity index (χ0n) is 32.7. The van der Waals surface area contributed by atoms with Crippen LogP contribution in [0.2, 0.25) is 0 Å². The summed E-state index contributed by atoms with van der Waals surface area (Å²) in [5, 5.41) is 6.14. The quantitative estimate of drug-likeness (QED) is 0.195. The van der Waals surface area contributed by atoms with Crippen LogP contribution >= 0.6 is 0 Å². The van der Waals surface area contributed by atoms with Crippen molar-refractivity contribution in [3.05, 3.63) is 191 Å². The van der Waals surface area contributed by atoms with Crippen LogP contribution in [0.1, 0.15) is 67.5 Å². The summed E-state index contributed by atoms with van der Waals surface area (Å²) in [5.74, 6) is 0. The van der Waals surface area contributed by atoms with Gasteiger partial charge in [0.1, 0.15) is 5.58 Å². The summed E-state index contributed by atoms with van der Waals surface area (Å²) < 4.78 is 6.72. The number of benzene rings is 7. The molecule has 2 heterocycles. The molecule has 0 amide bonds. The first-order chi connectivity index (χ1) is 27.8. The van der Waals surface area contributed by atoms with Gasteiger partial charge in [-0.2, -0.15) is 0 Å². The van der Waals surface area contributed by atoms with E-state index in [2.05, 4.69) is 190 Å². The molecule has 3 heteroatoms. The first-order valence-corrected chi connectivity index (χ1v) is 20.3. The number of hydrogen-bond acceptors (Lipinski definition) is 3. The Morgan fingerprint density at radius 3 is 2.09 bits per heavy atom. The molecule has 1 aliphatic heterocycles. The number of nitrogens with zero attached hydrogens (tertiary/aromatic N) is 1. The number of rotatable bonds is 4. The summed E-state index contributed by atoms with van der Waals surface area (Å²) in [6, 6.07) is 53.9. The van der Waals surface area contributed by atoms with Crippen LogP contribution in [0.5, 0.6) is 0 Å². The van der Waals surface area contributed by atoms with E-state index in [0.717, 1.165) is 45.4 Å². The van der Waals surface area contributed by atoms with E-state index in [4.69, 9.17) is 4.42 Å². The summed E-state index contributed by atoms with van der Waals surface area (Å²) in [5.41, 5.74) is 22.2. The van der Waals surface area contributed by atoms with Crippen LogP contribution < -0.4 is 10.2 Å². The van der Waals surface area contributed by atoms with E-state index in [9.17, 15) is 0 Å². The van der Waals surface area contributed by atoms with Gasteiger partial charge in [0.25, 0.3) is 0 Å². The SMILES string of the molecule is CC1(C)c2ccccc2-c2cc3c(cc21)NC1CC=C(c2ccc(N(c4cccc5c4-c4ccccc4C5(C)C)c4cccc5c4oc4ccccc45)cc2)C=C31. The Balaban J connectivity index is 0.984. The van der Waals surface area contributed by atoms with Crippen molar-refractivity contribution in [2.75, 3.05) is 10.2 Å². The molecule has 0 spiro atoms. The van der Waals surface area contributed by atoms with Crippen molar-refractivity contribution < 1.29 is 4.42 Å². The topological polar surface area (TPSA) is 28.4 Å². The summed E-state index contributed by atoms with van der Waals surface area (Å²) in [7, 11) is 0. The molecule has 57 heavy (non-hydrogen) atoms. The number of furan rings is 1. The first-order valence-electron chi connectivity index (χ1n) is 20.3. The fourth-order valence-corrected chi connectivity index (χ4v) is 10.6. The molecule has 3 nitrogen and oxygen atoms in total. The maximum absolute atomic E-state index is 6.72. The van der Waals surface area contributed by atoms with Crippen molar-refractivity contribution in [3.63, 3.8) is 0 Å². The second-order valence-corrected chi connectivity index (χ2v) is 17.3. The number of hydrogen-bond donors (Lipinski definition) is 1. The highest BCUT2D eigenvalue weighted by Gasteiger charge is 2.40. The maximum atomic E-state index is 6.72. The van der Waals surface area contributed by atoms with Gasteiger partial charge >= 0.3 is 0 Å². The Labute approximate surface area is 333 Å². The number of para-hydroxylation sites is 2. The van der Waals surface area contributed by atoms with Gasteiger partial charge in [-0.1, -0.05) is 137 Å². The lowest BCUT2D eigenvalue weighted by atomic mass is 9.82. The Bertz CT molecular complexity index is 3080. The van der Waals surface area contributed by atoms with Gasteiger partial charge < -0.3 is 14.6 Å². The Hall–Kier alpha value is -6.58. The normalized spacial score (nSPS) is 17.5. The zero-order chi connectivity index (χ0) is 38.2. The molecule has 0 saturated carbocycles. The molecule has 1 N–H and O–H groups in total. The minimum Gasteiger partial charge on any atom is -0.454 e. The number of anilines is 4. The molecule has 274 valence electrons. The second-order valence-electron chi connectivity index (χ2n) is 17.3. The molecule has 4 aliphatic rings. The smallest absolute Gasteiger partial charge is 0.159 e. The third-order valence-corrected chi connectivity index (χ3v) is 13.5. The highest BCUT2D eigenvalue weighted by Crippen LogP contribution is 2.56. The lowest BCUT2D eigenvalue weighted by Crippen LogP contribution is -2.16. The Morgan fingerprint density at radius 1 is 0.579 bits per heavy atom. The van der Waals surface area contributed by atoms with Crippen molar-refractivity contribution in [1.82, 2.24) is 0 Å². The van der Waals surface area contributed by atoms with E-state index >= 15 is 0 Å². The van der Waals surface area contributed by atoms with Crippen LogP contribution in [0.4, 0.5) is 22.7 Å². The van der Waals surface area contributed by atoms with Gasteiger partial charge in [-0.15, -0.1) is 0 Å². The molecule has 7 aromatic carbocycles. The third-order valence-electron chi connectivity index (χ3n) is 13.5. The van der Waals surface area contributed by atoms with Gasteiger partial charge in [0.15, 0.2) is 5.58 Å².